The summed E-state index contributed by atoms with van der Waals surface area (Å²) in [5, 5.41) is 19.4. The normalized spacial score (nSPS) is 10.1. The second kappa shape index (κ2) is 3.53. The summed E-state index contributed by atoms with van der Waals surface area (Å²) in [6.45, 7) is 3.33. The summed E-state index contributed by atoms with van der Waals surface area (Å²) in [7, 11) is 0. The third-order valence-corrected chi connectivity index (χ3v) is 2.08. The maximum absolute atomic E-state index is 10.6. The van der Waals surface area contributed by atoms with E-state index in [0.717, 1.165) is 5.56 Å². The smallest absolute Gasteiger partial charge is 0.272 e. The highest BCUT2D eigenvalue weighted by Crippen LogP contribution is 2.23. The Morgan fingerprint density at radius 3 is 2.54 bits per heavy atom. The summed E-state index contributed by atoms with van der Waals surface area (Å²) >= 11 is 0. The van der Waals surface area contributed by atoms with Crippen LogP contribution in [0.2, 0.25) is 0 Å². The molecule has 0 amide bonds. The first-order valence-electron chi connectivity index (χ1n) is 3.91. The fourth-order valence-electron chi connectivity index (χ4n) is 1.19. The molecule has 0 heterocycles. The molecule has 4 heteroatoms. The molecule has 0 spiro atoms. The molecule has 0 aromatic heterocycles. The van der Waals surface area contributed by atoms with Gasteiger partial charge in [0.25, 0.3) is 5.69 Å². The van der Waals surface area contributed by atoms with E-state index < -0.39 is 4.92 Å². The van der Waals surface area contributed by atoms with Gasteiger partial charge in [0.05, 0.1) is 11.5 Å². The van der Waals surface area contributed by atoms with Crippen LogP contribution in [0.4, 0.5) is 5.69 Å². The Balaban J connectivity index is 3.33. The van der Waals surface area contributed by atoms with Gasteiger partial charge in [0.1, 0.15) is 0 Å². The molecule has 70 valence electrons. The van der Waals surface area contributed by atoms with Gasteiger partial charge in [-0.1, -0.05) is 6.07 Å². The number of aliphatic hydroxyl groups is 1. The van der Waals surface area contributed by atoms with E-state index in [1.165, 1.54) is 6.07 Å². The van der Waals surface area contributed by atoms with Gasteiger partial charge in [-0.05, 0) is 25.0 Å². The van der Waals surface area contributed by atoms with Crippen LogP contribution < -0.4 is 0 Å². The third kappa shape index (κ3) is 1.84. The number of aryl methyl sites for hydroxylation is 1. The van der Waals surface area contributed by atoms with Crippen molar-refractivity contribution in [1.29, 1.82) is 0 Å². The average molecular weight is 181 g/mol. The van der Waals surface area contributed by atoms with Gasteiger partial charge < -0.3 is 5.11 Å². The van der Waals surface area contributed by atoms with E-state index in [4.69, 9.17) is 5.11 Å². The van der Waals surface area contributed by atoms with Crippen LogP contribution in [0.1, 0.15) is 16.7 Å². The van der Waals surface area contributed by atoms with E-state index in [0.29, 0.717) is 11.1 Å². The zero-order chi connectivity index (χ0) is 10.0. The molecular formula is C9H11NO3. The number of nitrogens with zero attached hydrogens (tertiary/aromatic N) is 1. The van der Waals surface area contributed by atoms with E-state index in [-0.39, 0.29) is 12.3 Å². The highest BCUT2D eigenvalue weighted by Gasteiger charge is 2.13. The molecule has 0 atom stereocenters. The summed E-state index contributed by atoms with van der Waals surface area (Å²) in [4.78, 5) is 10.1. The van der Waals surface area contributed by atoms with Crippen molar-refractivity contribution < 1.29 is 10.0 Å². The van der Waals surface area contributed by atoms with Crippen LogP contribution in [0, 0.1) is 24.0 Å². The van der Waals surface area contributed by atoms with Crippen LogP contribution in [0.25, 0.3) is 0 Å². The molecule has 0 aliphatic rings. The predicted octanol–water partition coefficient (Wildman–Crippen LogP) is 1.70. The quantitative estimate of drug-likeness (QED) is 0.558. The molecule has 0 aliphatic heterocycles. The van der Waals surface area contributed by atoms with Crippen molar-refractivity contribution in [2.45, 2.75) is 20.5 Å². The summed E-state index contributed by atoms with van der Waals surface area (Å²) < 4.78 is 0. The zero-order valence-electron chi connectivity index (χ0n) is 7.57. The van der Waals surface area contributed by atoms with E-state index in [1.807, 2.05) is 0 Å². The third-order valence-electron chi connectivity index (χ3n) is 2.08. The SMILES string of the molecule is Cc1cc(CO)cc([N+](=O)[O-])c1C. The first kappa shape index (κ1) is 9.67. The minimum Gasteiger partial charge on any atom is -0.392 e. The van der Waals surface area contributed by atoms with E-state index in [1.54, 1.807) is 19.9 Å². The van der Waals surface area contributed by atoms with Gasteiger partial charge in [-0.15, -0.1) is 0 Å². The zero-order valence-corrected chi connectivity index (χ0v) is 7.57. The molecule has 0 aliphatic carbocycles. The lowest BCUT2D eigenvalue weighted by atomic mass is 10.0. The van der Waals surface area contributed by atoms with Gasteiger partial charge in [-0.2, -0.15) is 0 Å². The molecule has 1 aromatic rings. The highest BCUT2D eigenvalue weighted by atomic mass is 16.6. The Bertz CT molecular complexity index is 347. The van der Waals surface area contributed by atoms with Crippen LogP contribution in [0.3, 0.4) is 0 Å². The van der Waals surface area contributed by atoms with Crippen molar-refractivity contribution in [3.63, 3.8) is 0 Å². The number of hydrogen-bond donors (Lipinski definition) is 1. The fraction of sp³-hybridized carbons (Fsp3) is 0.333. The Morgan fingerprint density at radius 2 is 2.08 bits per heavy atom. The van der Waals surface area contributed by atoms with E-state index >= 15 is 0 Å². The Hall–Kier alpha value is -1.42. The van der Waals surface area contributed by atoms with Crippen molar-refractivity contribution in [3.8, 4) is 0 Å². The monoisotopic (exact) mass is 181 g/mol. The highest BCUT2D eigenvalue weighted by molar-refractivity contribution is 5.47. The molecular weight excluding hydrogens is 170 g/mol. The Labute approximate surface area is 76.0 Å². The van der Waals surface area contributed by atoms with Gasteiger partial charge in [0, 0.05) is 11.6 Å². The van der Waals surface area contributed by atoms with E-state index in [2.05, 4.69) is 0 Å². The minimum absolute atomic E-state index is 0.0732. The average Bonchev–Trinajstić information content (AvgIpc) is 2.09. The number of nitro groups is 1. The summed E-state index contributed by atoms with van der Waals surface area (Å²) in [6, 6.07) is 3.16. The van der Waals surface area contributed by atoms with Crippen LogP contribution in [0.15, 0.2) is 12.1 Å². The van der Waals surface area contributed by atoms with Crippen molar-refractivity contribution in [2.24, 2.45) is 0 Å². The number of hydrogen-bond acceptors (Lipinski definition) is 3. The lowest BCUT2D eigenvalue weighted by Crippen LogP contribution is -1.96. The van der Waals surface area contributed by atoms with Gasteiger partial charge >= 0.3 is 0 Å². The lowest BCUT2D eigenvalue weighted by molar-refractivity contribution is -0.385. The van der Waals surface area contributed by atoms with E-state index in [9.17, 15) is 10.1 Å². The summed E-state index contributed by atoms with van der Waals surface area (Å²) in [5.41, 5.74) is 2.14. The molecule has 0 bridgehead atoms. The first-order valence-corrected chi connectivity index (χ1v) is 3.91. The summed E-state index contributed by atoms with van der Waals surface area (Å²) in [5.74, 6) is 0. The number of aliphatic hydroxyl groups excluding tert-OH is 1. The van der Waals surface area contributed by atoms with Gasteiger partial charge in [0.15, 0.2) is 0 Å². The Morgan fingerprint density at radius 1 is 1.46 bits per heavy atom. The van der Waals surface area contributed by atoms with Gasteiger partial charge in [-0.3, -0.25) is 10.1 Å². The molecule has 0 saturated heterocycles. The molecule has 1 aromatic carbocycles. The summed E-state index contributed by atoms with van der Waals surface area (Å²) in [6.07, 6.45) is 0. The first-order chi connectivity index (χ1) is 6.06. The van der Waals surface area contributed by atoms with Gasteiger partial charge in [0.2, 0.25) is 0 Å². The van der Waals surface area contributed by atoms with Crippen molar-refractivity contribution >= 4 is 5.69 Å². The maximum atomic E-state index is 10.6. The standard InChI is InChI=1S/C9H11NO3/c1-6-3-8(5-11)4-9(7(6)2)10(12)13/h3-4,11H,5H2,1-2H3. The lowest BCUT2D eigenvalue weighted by Gasteiger charge is -2.03. The number of benzene rings is 1. The second-order valence-electron chi connectivity index (χ2n) is 2.97. The molecule has 0 radical (unpaired) electrons. The van der Waals surface area contributed by atoms with Crippen molar-refractivity contribution in [2.75, 3.05) is 0 Å². The van der Waals surface area contributed by atoms with Crippen molar-refractivity contribution in [1.82, 2.24) is 0 Å². The Kier molecular flexibility index (Phi) is 2.63. The molecule has 1 N–H and O–H groups in total. The minimum atomic E-state index is -0.429. The van der Waals surface area contributed by atoms with Crippen LogP contribution in [-0.2, 0) is 6.61 Å². The fourth-order valence-corrected chi connectivity index (χ4v) is 1.19. The molecule has 4 nitrogen and oxygen atoms in total. The molecule has 13 heavy (non-hydrogen) atoms. The number of nitro benzene ring substituents is 1. The van der Waals surface area contributed by atoms with Crippen molar-refractivity contribution in [3.05, 3.63) is 38.9 Å². The topological polar surface area (TPSA) is 63.4 Å². The largest absolute Gasteiger partial charge is 0.392 e. The van der Waals surface area contributed by atoms with Crippen LogP contribution in [-0.4, -0.2) is 10.0 Å². The van der Waals surface area contributed by atoms with Gasteiger partial charge in [-0.25, -0.2) is 0 Å². The second-order valence-corrected chi connectivity index (χ2v) is 2.97. The van der Waals surface area contributed by atoms with Crippen LogP contribution >= 0.6 is 0 Å². The maximum Gasteiger partial charge on any atom is 0.272 e. The molecule has 1 rings (SSSR count). The van der Waals surface area contributed by atoms with Crippen LogP contribution in [0.5, 0.6) is 0 Å². The molecule has 0 fully saturated rings. The predicted molar refractivity (Wildman–Crippen MR) is 48.5 cm³/mol. The number of rotatable bonds is 2. The molecule has 0 saturated carbocycles. The molecule has 0 unspecified atom stereocenters.